The largest absolute Gasteiger partial charge is 0.435 e. The summed E-state index contributed by atoms with van der Waals surface area (Å²) in [5, 5.41) is 0. The van der Waals surface area contributed by atoms with E-state index >= 15 is 0 Å². The van der Waals surface area contributed by atoms with Crippen molar-refractivity contribution in [2.45, 2.75) is 6.42 Å². The first-order chi connectivity index (χ1) is 8.54. The minimum absolute atomic E-state index is 0.242. The van der Waals surface area contributed by atoms with E-state index in [4.69, 9.17) is 0 Å². The monoisotopic (exact) mass is 252 g/mol. The fourth-order valence-electron chi connectivity index (χ4n) is 0.882. The number of carbonyl (C=O) groups excluding carboxylic acids is 3. The summed E-state index contributed by atoms with van der Waals surface area (Å²) in [5.41, 5.74) is -0.242. The Hall–Kier alpha value is -2.63. The van der Waals surface area contributed by atoms with Crippen molar-refractivity contribution in [2.75, 3.05) is 0 Å². The number of hydrogen-bond acceptors (Lipinski definition) is 6. The minimum Gasteiger partial charge on any atom is -0.435 e. The van der Waals surface area contributed by atoms with Gasteiger partial charge in [0, 0.05) is 6.08 Å². The number of esters is 3. The van der Waals surface area contributed by atoms with Crippen molar-refractivity contribution in [3.8, 4) is 0 Å². The van der Waals surface area contributed by atoms with Gasteiger partial charge in [0.05, 0.1) is 30.8 Å². The smallest absolute Gasteiger partial charge is 0.339 e. The highest BCUT2D eigenvalue weighted by Crippen LogP contribution is 2.07. The molecule has 0 bridgehead atoms. The van der Waals surface area contributed by atoms with Crippen molar-refractivity contribution in [1.29, 1.82) is 0 Å². The van der Waals surface area contributed by atoms with Crippen molar-refractivity contribution in [2.24, 2.45) is 0 Å². The van der Waals surface area contributed by atoms with Gasteiger partial charge in [-0.15, -0.1) is 0 Å². The van der Waals surface area contributed by atoms with Crippen LogP contribution in [0.1, 0.15) is 6.42 Å². The quantitative estimate of drug-likeness (QED) is 0.294. The standard InChI is InChI=1S/C12H12O6/c1-4-16-10(13)7-9(12(15)18-6-3)8-11(14)17-5-2/h4-7H,1-3,8H2. The van der Waals surface area contributed by atoms with Gasteiger partial charge in [-0.3, -0.25) is 4.79 Å². The average molecular weight is 252 g/mol. The summed E-state index contributed by atoms with van der Waals surface area (Å²) >= 11 is 0. The van der Waals surface area contributed by atoms with Crippen LogP contribution < -0.4 is 0 Å². The summed E-state index contributed by atoms with van der Waals surface area (Å²) in [5.74, 6) is -2.55. The molecule has 0 radical (unpaired) electrons. The topological polar surface area (TPSA) is 78.9 Å². The van der Waals surface area contributed by atoms with Crippen molar-refractivity contribution in [3.05, 3.63) is 50.2 Å². The predicted octanol–water partition coefficient (Wildman–Crippen LogP) is 1.36. The van der Waals surface area contributed by atoms with E-state index in [0.717, 1.165) is 24.9 Å². The van der Waals surface area contributed by atoms with Crippen molar-refractivity contribution >= 4 is 17.9 Å². The number of rotatable bonds is 7. The summed E-state index contributed by atoms with van der Waals surface area (Å²) in [6, 6.07) is 0. The maximum Gasteiger partial charge on any atom is 0.339 e. The Morgan fingerprint density at radius 3 is 1.94 bits per heavy atom. The predicted molar refractivity (Wildman–Crippen MR) is 61.6 cm³/mol. The van der Waals surface area contributed by atoms with E-state index in [-0.39, 0.29) is 5.57 Å². The molecule has 0 saturated heterocycles. The van der Waals surface area contributed by atoms with E-state index in [1.165, 1.54) is 0 Å². The number of hydrogen-bond donors (Lipinski definition) is 0. The Morgan fingerprint density at radius 1 is 0.889 bits per heavy atom. The first-order valence-corrected chi connectivity index (χ1v) is 4.69. The van der Waals surface area contributed by atoms with Gasteiger partial charge in [-0.05, 0) is 0 Å². The second-order valence-corrected chi connectivity index (χ2v) is 2.68. The Bertz CT molecular complexity index is 405. The lowest BCUT2D eigenvalue weighted by Crippen LogP contribution is -2.12. The van der Waals surface area contributed by atoms with Crippen LogP contribution in [-0.2, 0) is 28.6 Å². The van der Waals surface area contributed by atoms with E-state index in [0.29, 0.717) is 0 Å². The molecule has 0 fully saturated rings. The maximum atomic E-state index is 11.4. The average Bonchev–Trinajstić information content (AvgIpc) is 2.29. The second kappa shape index (κ2) is 8.51. The van der Waals surface area contributed by atoms with Gasteiger partial charge in [0.15, 0.2) is 0 Å². The lowest BCUT2D eigenvalue weighted by atomic mass is 10.2. The molecule has 0 aliphatic rings. The zero-order valence-electron chi connectivity index (χ0n) is 9.59. The summed E-state index contributed by atoms with van der Waals surface area (Å²) < 4.78 is 13.3. The van der Waals surface area contributed by atoms with E-state index in [9.17, 15) is 14.4 Å². The zero-order chi connectivity index (χ0) is 14.0. The van der Waals surface area contributed by atoms with Gasteiger partial charge in [0.25, 0.3) is 0 Å². The molecule has 6 nitrogen and oxygen atoms in total. The molecule has 0 rings (SSSR count). The molecule has 0 aliphatic heterocycles. The molecule has 0 saturated carbocycles. The van der Waals surface area contributed by atoms with E-state index in [2.05, 4.69) is 33.9 Å². The SMILES string of the molecule is C=COC(=O)C=C(CC(=O)OC=C)C(=O)OC=C. The molecule has 18 heavy (non-hydrogen) atoms. The van der Waals surface area contributed by atoms with Gasteiger partial charge in [-0.25, -0.2) is 9.59 Å². The Labute approximate surface area is 104 Å². The van der Waals surface area contributed by atoms with E-state index in [1.54, 1.807) is 0 Å². The van der Waals surface area contributed by atoms with E-state index < -0.39 is 24.3 Å². The summed E-state index contributed by atoms with van der Waals surface area (Å²) in [4.78, 5) is 33.7. The zero-order valence-corrected chi connectivity index (χ0v) is 9.59. The van der Waals surface area contributed by atoms with Gasteiger partial charge >= 0.3 is 17.9 Å². The lowest BCUT2D eigenvalue weighted by molar-refractivity contribution is -0.140. The van der Waals surface area contributed by atoms with Crippen molar-refractivity contribution in [3.63, 3.8) is 0 Å². The van der Waals surface area contributed by atoms with Crippen LogP contribution in [0.4, 0.5) is 0 Å². The van der Waals surface area contributed by atoms with Gasteiger partial charge in [-0.2, -0.15) is 0 Å². The lowest BCUT2D eigenvalue weighted by Gasteiger charge is -2.03. The molecular formula is C12H12O6. The number of ether oxygens (including phenoxy) is 3. The molecule has 6 heteroatoms. The highest BCUT2D eigenvalue weighted by Gasteiger charge is 2.17. The molecule has 0 spiro atoms. The Morgan fingerprint density at radius 2 is 1.44 bits per heavy atom. The number of carbonyl (C=O) groups is 3. The van der Waals surface area contributed by atoms with Gasteiger partial charge < -0.3 is 14.2 Å². The third-order valence-electron chi connectivity index (χ3n) is 1.49. The molecule has 96 valence electrons. The third kappa shape index (κ3) is 6.06. The Balaban J connectivity index is 4.91. The molecule has 0 N–H and O–H groups in total. The molecule has 0 aromatic heterocycles. The van der Waals surface area contributed by atoms with Crippen LogP contribution in [0.5, 0.6) is 0 Å². The fraction of sp³-hybridized carbons (Fsp3) is 0.0833. The summed E-state index contributed by atoms with van der Waals surface area (Å²) in [6.45, 7) is 9.53. The molecule has 0 heterocycles. The van der Waals surface area contributed by atoms with Crippen molar-refractivity contribution in [1.82, 2.24) is 0 Å². The van der Waals surface area contributed by atoms with Crippen LogP contribution in [0.2, 0.25) is 0 Å². The van der Waals surface area contributed by atoms with Gasteiger partial charge in [0.1, 0.15) is 0 Å². The highest BCUT2D eigenvalue weighted by atomic mass is 16.5. The van der Waals surface area contributed by atoms with Crippen LogP contribution in [-0.4, -0.2) is 17.9 Å². The van der Waals surface area contributed by atoms with Gasteiger partial charge in [0.2, 0.25) is 0 Å². The molecule has 0 unspecified atom stereocenters. The molecule has 0 amide bonds. The first kappa shape index (κ1) is 15.4. The van der Waals surface area contributed by atoms with Crippen LogP contribution in [0, 0.1) is 0 Å². The molecule has 0 atom stereocenters. The molecule has 0 aromatic rings. The Kier molecular flexibility index (Phi) is 7.27. The second-order valence-electron chi connectivity index (χ2n) is 2.68. The van der Waals surface area contributed by atoms with Crippen molar-refractivity contribution < 1.29 is 28.6 Å². The minimum atomic E-state index is -0.910. The highest BCUT2D eigenvalue weighted by molar-refractivity contribution is 6.00. The van der Waals surface area contributed by atoms with E-state index in [1.807, 2.05) is 0 Å². The maximum absolute atomic E-state index is 11.4. The van der Waals surface area contributed by atoms with Crippen LogP contribution >= 0.6 is 0 Å². The summed E-state index contributed by atoms with van der Waals surface area (Å²) in [6.07, 6.45) is 2.99. The first-order valence-electron chi connectivity index (χ1n) is 4.69. The fourth-order valence-corrected chi connectivity index (χ4v) is 0.882. The van der Waals surface area contributed by atoms with Crippen LogP contribution in [0.25, 0.3) is 0 Å². The molecule has 0 aliphatic carbocycles. The van der Waals surface area contributed by atoms with Crippen LogP contribution in [0.3, 0.4) is 0 Å². The van der Waals surface area contributed by atoms with Crippen LogP contribution in [0.15, 0.2) is 50.2 Å². The third-order valence-corrected chi connectivity index (χ3v) is 1.49. The summed E-state index contributed by atoms with van der Waals surface area (Å²) in [7, 11) is 0. The normalized spacial score (nSPS) is 9.89. The molecule has 0 aromatic carbocycles. The molecular weight excluding hydrogens is 240 g/mol. The van der Waals surface area contributed by atoms with Gasteiger partial charge in [-0.1, -0.05) is 19.7 Å².